The normalized spacial score (nSPS) is 27.7. The van der Waals surface area contributed by atoms with Crippen LogP contribution < -0.4 is 5.11 Å². The summed E-state index contributed by atoms with van der Waals surface area (Å²) in [7, 11) is 0. The summed E-state index contributed by atoms with van der Waals surface area (Å²) >= 11 is 0. The van der Waals surface area contributed by atoms with Crippen LogP contribution in [0, 0.1) is 0 Å². The molecule has 2 heterocycles. The number of ether oxygens (including phenoxy) is 1. The Hall–Kier alpha value is -1.43. The highest BCUT2D eigenvalue weighted by molar-refractivity contribution is 5.64. The third-order valence-corrected chi connectivity index (χ3v) is 5.61. The number of allylic oxidation sites excluding steroid dienone is 5. The molecule has 0 aromatic carbocycles. The molecule has 4 atom stereocenters. The maximum Gasteiger partial charge on any atom is 0.119 e. The van der Waals surface area contributed by atoms with Crippen molar-refractivity contribution >= 4 is 5.97 Å². The molecular weight excluding hydrogens is 368 g/mol. The average Bonchev–Trinajstić information content (AvgIpc) is 3.18. The van der Waals surface area contributed by atoms with Crippen LogP contribution in [-0.2, 0) is 19.3 Å². The van der Waals surface area contributed by atoms with Gasteiger partial charge in [-0.25, -0.2) is 9.78 Å². The third kappa shape index (κ3) is 10.2. The van der Waals surface area contributed by atoms with Gasteiger partial charge in [0.05, 0.1) is 18.3 Å². The van der Waals surface area contributed by atoms with Crippen molar-refractivity contribution in [2.45, 2.75) is 108 Å². The number of unbranched alkanes of at least 4 members (excludes halogenated alkanes) is 5. The minimum absolute atomic E-state index is 0.0735. The molecule has 0 unspecified atom stereocenters. The van der Waals surface area contributed by atoms with Gasteiger partial charge in [-0.05, 0) is 57.8 Å². The summed E-state index contributed by atoms with van der Waals surface area (Å²) < 4.78 is 6.16. The third-order valence-electron chi connectivity index (χ3n) is 5.61. The van der Waals surface area contributed by atoms with Crippen molar-refractivity contribution < 1.29 is 24.4 Å². The molecule has 0 aromatic rings. The molecule has 0 saturated carbocycles. The monoisotopic (exact) mass is 405 g/mol. The van der Waals surface area contributed by atoms with Crippen LogP contribution in [0.4, 0.5) is 0 Å². The van der Waals surface area contributed by atoms with Crippen molar-refractivity contribution in [2.24, 2.45) is 0 Å². The van der Waals surface area contributed by atoms with Crippen LogP contribution in [0.15, 0.2) is 37.0 Å². The van der Waals surface area contributed by atoms with Crippen LogP contribution in [0.5, 0.6) is 0 Å². The molecule has 0 N–H and O–H groups in total. The molecule has 2 fully saturated rings. The summed E-state index contributed by atoms with van der Waals surface area (Å²) in [5.41, 5.74) is 0. The Morgan fingerprint density at radius 3 is 2.31 bits per heavy atom. The molecule has 2 rings (SSSR count). The molecule has 0 spiro atoms. The predicted molar refractivity (Wildman–Crippen MR) is 112 cm³/mol. The lowest BCUT2D eigenvalue weighted by molar-refractivity contribution is -0.389. The summed E-state index contributed by atoms with van der Waals surface area (Å²) in [6.45, 7) is 3.72. The largest absolute Gasteiger partial charge is 0.550 e. The van der Waals surface area contributed by atoms with Crippen molar-refractivity contribution in [1.82, 2.24) is 0 Å². The first kappa shape index (κ1) is 23.8. The average molecular weight is 406 g/mol. The Morgan fingerprint density at radius 2 is 1.59 bits per heavy atom. The zero-order valence-electron chi connectivity index (χ0n) is 17.6. The number of hydrogen-bond acceptors (Lipinski definition) is 5. The molecule has 0 radical (unpaired) electrons. The molecule has 5 heteroatoms. The van der Waals surface area contributed by atoms with E-state index in [1.54, 1.807) is 0 Å². The van der Waals surface area contributed by atoms with Crippen molar-refractivity contribution in [3.05, 3.63) is 37.0 Å². The molecule has 0 amide bonds. The number of carboxylic acid groups (broad SMARTS) is 1. The van der Waals surface area contributed by atoms with Crippen LogP contribution in [0.3, 0.4) is 0 Å². The number of carbonyl (C=O) groups is 1. The summed E-state index contributed by atoms with van der Waals surface area (Å²) in [5, 5.41) is 10.6. The van der Waals surface area contributed by atoms with E-state index < -0.39 is 12.1 Å². The van der Waals surface area contributed by atoms with Gasteiger partial charge in [-0.2, -0.15) is 0 Å². The van der Waals surface area contributed by atoms with Gasteiger partial charge in [-0.1, -0.05) is 49.6 Å². The summed E-state index contributed by atoms with van der Waals surface area (Å²) in [6, 6.07) is 0. The highest BCUT2D eigenvalue weighted by atomic mass is 17.2. The Morgan fingerprint density at radius 1 is 0.862 bits per heavy atom. The van der Waals surface area contributed by atoms with Gasteiger partial charge in [-0.15, -0.1) is 6.58 Å². The SMILES string of the molecule is C=CCC/C=C\C=C/CCCCCC[C@H]1CC[C@H]([C@@H]2CC[C@@H](CC(=O)[O-])OO2)O1. The molecule has 164 valence electrons. The van der Waals surface area contributed by atoms with Gasteiger partial charge < -0.3 is 14.6 Å². The standard InChI is InChI=1S/C24H38O5/c1-2-3-4-5-6-7-8-9-10-11-12-13-14-20-15-17-22(27-20)23-18-16-21(28-29-23)19-24(25)26/h2,5-8,20-23H,1,3-4,9-19H2,(H,25,26)/p-1/b6-5-,8-7-/t20-,21-,22+,23-/m0/s1. The summed E-state index contributed by atoms with van der Waals surface area (Å²) in [6.07, 6.45) is 23.4. The van der Waals surface area contributed by atoms with E-state index in [-0.39, 0.29) is 18.6 Å². The fourth-order valence-electron chi connectivity index (χ4n) is 3.94. The molecule has 2 aliphatic heterocycles. The Balaban J connectivity index is 1.46. The van der Waals surface area contributed by atoms with E-state index in [1.165, 1.54) is 25.7 Å². The van der Waals surface area contributed by atoms with Gasteiger partial charge in [0.25, 0.3) is 0 Å². The highest BCUT2D eigenvalue weighted by Gasteiger charge is 2.35. The van der Waals surface area contributed by atoms with Gasteiger partial charge >= 0.3 is 0 Å². The van der Waals surface area contributed by atoms with E-state index >= 15 is 0 Å². The van der Waals surface area contributed by atoms with E-state index in [0.717, 1.165) is 44.9 Å². The Bertz CT molecular complexity index is 519. The molecule has 5 nitrogen and oxygen atoms in total. The Labute approximate surface area is 175 Å². The first-order valence-electron chi connectivity index (χ1n) is 11.3. The van der Waals surface area contributed by atoms with Crippen LogP contribution in [0.2, 0.25) is 0 Å². The minimum atomic E-state index is -1.10. The quantitative estimate of drug-likeness (QED) is 0.183. The lowest BCUT2D eigenvalue weighted by atomic mass is 10.0. The molecule has 2 saturated heterocycles. The van der Waals surface area contributed by atoms with E-state index in [9.17, 15) is 9.90 Å². The second kappa shape index (κ2) is 14.5. The van der Waals surface area contributed by atoms with Crippen LogP contribution in [0.25, 0.3) is 0 Å². The molecule has 0 bridgehead atoms. The van der Waals surface area contributed by atoms with E-state index in [4.69, 9.17) is 14.5 Å². The maximum atomic E-state index is 10.6. The minimum Gasteiger partial charge on any atom is -0.550 e. The lowest BCUT2D eigenvalue weighted by Gasteiger charge is -2.31. The molecule has 2 aliphatic rings. The number of carboxylic acids is 1. The van der Waals surface area contributed by atoms with E-state index in [0.29, 0.717) is 12.5 Å². The van der Waals surface area contributed by atoms with Gasteiger partial charge in [0.15, 0.2) is 0 Å². The van der Waals surface area contributed by atoms with Crippen molar-refractivity contribution in [1.29, 1.82) is 0 Å². The molecule has 29 heavy (non-hydrogen) atoms. The zero-order valence-corrected chi connectivity index (χ0v) is 17.6. The van der Waals surface area contributed by atoms with Gasteiger partial charge in [0, 0.05) is 12.4 Å². The number of aliphatic carboxylic acids is 1. The predicted octanol–water partition coefficient (Wildman–Crippen LogP) is 4.57. The first-order chi connectivity index (χ1) is 14.2. The summed E-state index contributed by atoms with van der Waals surface area (Å²) in [4.78, 5) is 21.2. The van der Waals surface area contributed by atoms with Crippen molar-refractivity contribution in [3.8, 4) is 0 Å². The molecule has 0 aliphatic carbocycles. The second-order valence-electron chi connectivity index (χ2n) is 8.09. The van der Waals surface area contributed by atoms with E-state index in [1.807, 2.05) is 6.08 Å². The van der Waals surface area contributed by atoms with Crippen LogP contribution in [0.1, 0.15) is 83.5 Å². The molecule has 0 aromatic heterocycles. The maximum absolute atomic E-state index is 10.6. The number of carbonyl (C=O) groups excluding carboxylic acids is 1. The van der Waals surface area contributed by atoms with E-state index in [2.05, 4.69) is 30.9 Å². The topological polar surface area (TPSA) is 67.8 Å². The summed E-state index contributed by atoms with van der Waals surface area (Å²) in [5.74, 6) is -1.10. The first-order valence-corrected chi connectivity index (χ1v) is 11.3. The van der Waals surface area contributed by atoms with Crippen LogP contribution >= 0.6 is 0 Å². The van der Waals surface area contributed by atoms with Crippen LogP contribution in [-0.4, -0.2) is 30.4 Å². The van der Waals surface area contributed by atoms with Crippen molar-refractivity contribution in [2.75, 3.05) is 0 Å². The fraction of sp³-hybridized carbons (Fsp3) is 0.708. The van der Waals surface area contributed by atoms with Crippen molar-refractivity contribution in [3.63, 3.8) is 0 Å². The fourth-order valence-corrected chi connectivity index (χ4v) is 3.94. The second-order valence-corrected chi connectivity index (χ2v) is 8.09. The number of rotatable bonds is 14. The number of hydrogen-bond donors (Lipinski definition) is 0. The zero-order chi connectivity index (χ0) is 20.7. The Kier molecular flexibility index (Phi) is 12.0. The van der Waals surface area contributed by atoms with Gasteiger partial charge in [-0.3, -0.25) is 0 Å². The smallest absolute Gasteiger partial charge is 0.119 e. The highest BCUT2D eigenvalue weighted by Crippen LogP contribution is 2.31. The lowest BCUT2D eigenvalue weighted by Crippen LogP contribution is -2.38. The molecular formula is C24H37O5-. The van der Waals surface area contributed by atoms with Gasteiger partial charge in [0.1, 0.15) is 6.10 Å². The van der Waals surface area contributed by atoms with Gasteiger partial charge in [0.2, 0.25) is 0 Å².